The topological polar surface area (TPSA) is 106 Å². The SMILES string of the molecule is Cc1cc(OCCCn2c(C(=O)NS(=O)(=O)CCNC(=O)Cc3ccc(Br)cc3)cc3ccccc32)cc(C)c1Cl. The van der Waals surface area contributed by atoms with Crippen molar-refractivity contribution in [2.75, 3.05) is 18.9 Å². The summed E-state index contributed by atoms with van der Waals surface area (Å²) in [5, 5.41) is 4.13. The van der Waals surface area contributed by atoms with Gasteiger partial charge in [0.25, 0.3) is 5.91 Å². The summed E-state index contributed by atoms with van der Waals surface area (Å²) < 4.78 is 36.1. The molecule has 8 nitrogen and oxygen atoms in total. The van der Waals surface area contributed by atoms with E-state index in [1.807, 2.05) is 74.5 Å². The van der Waals surface area contributed by atoms with Crippen LogP contribution in [0.4, 0.5) is 0 Å². The number of carbonyl (C=O) groups excluding carboxylic acids is 2. The molecule has 2 amide bonds. The summed E-state index contributed by atoms with van der Waals surface area (Å²) in [4.78, 5) is 25.3. The number of nitrogens with zero attached hydrogens (tertiary/aromatic N) is 1. The highest BCUT2D eigenvalue weighted by molar-refractivity contribution is 9.10. The third kappa shape index (κ3) is 8.34. The quantitative estimate of drug-likeness (QED) is 0.194. The Labute approximate surface area is 253 Å². The summed E-state index contributed by atoms with van der Waals surface area (Å²) in [6.45, 7) is 4.55. The van der Waals surface area contributed by atoms with Crippen LogP contribution in [0, 0.1) is 13.8 Å². The molecule has 0 radical (unpaired) electrons. The molecule has 11 heteroatoms. The minimum absolute atomic E-state index is 0.123. The van der Waals surface area contributed by atoms with Crippen molar-refractivity contribution >= 4 is 60.3 Å². The van der Waals surface area contributed by atoms with Crippen LogP contribution in [-0.4, -0.2) is 43.7 Å². The van der Waals surface area contributed by atoms with Crippen LogP contribution >= 0.6 is 27.5 Å². The Bertz CT molecular complexity index is 1650. The number of benzene rings is 3. The number of sulfonamides is 1. The smallest absolute Gasteiger partial charge is 0.281 e. The van der Waals surface area contributed by atoms with Crippen LogP contribution in [0.2, 0.25) is 5.02 Å². The van der Waals surface area contributed by atoms with Gasteiger partial charge in [0.1, 0.15) is 11.4 Å². The number of ether oxygens (including phenoxy) is 1. The zero-order chi connectivity index (χ0) is 29.6. The first-order valence-corrected chi connectivity index (χ1v) is 15.9. The average Bonchev–Trinajstić information content (AvgIpc) is 3.29. The van der Waals surface area contributed by atoms with Gasteiger partial charge < -0.3 is 14.6 Å². The molecule has 0 saturated carbocycles. The van der Waals surface area contributed by atoms with Gasteiger partial charge in [0.2, 0.25) is 15.9 Å². The molecule has 1 aromatic heterocycles. The van der Waals surface area contributed by atoms with E-state index in [4.69, 9.17) is 16.3 Å². The molecule has 0 atom stereocenters. The zero-order valence-electron chi connectivity index (χ0n) is 22.7. The Balaban J connectivity index is 1.35. The van der Waals surface area contributed by atoms with Gasteiger partial charge in [-0.3, -0.25) is 9.59 Å². The van der Waals surface area contributed by atoms with Crippen LogP contribution < -0.4 is 14.8 Å². The van der Waals surface area contributed by atoms with Crippen LogP contribution in [-0.2, 0) is 27.8 Å². The van der Waals surface area contributed by atoms with Crippen molar-refractivity contribution < 1.29 is 22.7 Å². The first-order chi connectivity index (χ1) is 19.5. The van der Waals surface area contributed by atoms with E-state index in [1.165, 1.54) is 0 Å². The highest BCUT2D eigenvalue weighted by Crippen LogP contribution is 2.26. The van der Waals surface area contributed by atoms with E-state index in [9.17, 15) is 18.0 Å². The molecule has 1 heterocycles. The van der Waals surface area contributed by atoms with Crippen LogP contribution in [0.5, 0.6) is 5.75 Å². The molecule has 0 aliphatic heterocycles. The molecule has 3 aromatic carbocycles. The molecular weight excluding hydrogens is 630 g/mol. The second kappa shape index (κ2) is 13.5. The molecule has 0 aliphatic rings. The number of aromatic nitrogens is 1. The van der Waals surface area contributed by atoms with E-state index in [-0.39, 0.29) is 24.6 Å². The standard InChI is InChI=1S/C30H31BrClN3O5S/c1-20-16-25(17-21(2)29(20)32)40-14-5-13-35-26-7-4-3-6-23(26)19-27(35)30(37)34-41(38,39)15-12-33-28(36)18-22-8-10-24(31)11-9-22/h3-4,6-11,16-17,19H,5,12-15,18H2,1-2H3,(H,33,36)(H,34,37). The zero-order valence-corrected chi connectivity index (χ0v) is 25.9. The molecular formula is C30H31BrClN3O5S. The fraction of sp³-hybridized carbons (Fsp3) is 0.267. The molecule has 0 spiro atoms. The maximum Gasteiger partial charge on any atom is 0.281 e. The summed E-state index contributed by atoms with van der Waals surface area (Å²) in [6, 6.07) is 20.2. The second-order valence-electron chi connectivity index (χ2n) is 9.72. The minimum atomic E-state index is -4.00. The Kier molecular flexibility index (Phi) is 10.1. The number of rotatable bonds is 12. The van der Waals surface area contributed by atoms with E-state index in [2.05, 4.69) is 26.0 Å². The summed E-state index contributed by atoms with van der Waals surface area (Å²) >= 11 is 9.59. The molecule has 2 N–H and O–H groups in total. The van der Waals surface area contributed by atoms with Gasteiger partial charge in [-0.2, -0.15) is 0 Å². The summed E-state index contributed by atoms with van der Waals surface area (Å²) in [7, 11) is -4.00. The van der Waals surface area contributed by atoms with Gasteiger partial charge in [0, 0.05) is 33.5 Å². The molecule has 0 saturated heterocycles. The summed E-state index contributed by atoms with van der Waals surface area (Å²) in [6.07, 6.45) is 0.706. The monoisotopic (exact) mass is 659 g/mol. The fourth-order valence-electron chi connectivity index (χ4n) is 4.46. The van der Waals surface area contributed by atoms with Gasteiger partial charge in [-0.1, -0.05) is 57.9 Å². The van der Waals surface area contributed by atoms with Crippen molar-refractivity contribution in [2.24, 2.45) is 0 Å². The van der Waals surface area contributed by atoms with Crippen LogP contribution in [0.1, 0.15) is 33.6 Å². The molecule has 216 valence electrons. The van der Waals surface area contributed by atoms with Gasteiger partial charge in [-0.15, -0.1) is 0 Å². The second-order valence-corrected chi connectivity index (χ2v) is 12.9. The van der Waals surface area contributed by atoms with Crippen molar-refractivity contribution in [2.45, 2.75) is 33.2 Å². The van der Waals surface area contributed by atoms with Crippen molar-refractivity contribution in [1.29, 1.82) is 0 Å². The lowest BCUT2D eigenvalue weighted by Crippen LogP contribution is -2.38. The molecule has 0 unspecified atom stereocenters. The Morgan fingerprint density at radius 3 is 2.39 bits per heavy atom. The normalized spacial score (nSPS) is 11.4. The van der Waals surface area contributed by atoms with Crippen molar-refractivity contribution in [1.82, 2.24) is 14.6 Å². The fourth-order valence-corrected chi connectivity index (χ4v) is 5.69. The van der Waals surface area contributed by atoms with Gasteiger partial charge in [0.15, 0.2) is 0 Å². The third-order valence-corrected chi connectivity index (χ3v) is 8.83. The number of hydrogen-bond acceptors (Lipinski definition) is 5. The first-order valence-electron chi connectivity index (χ1n) is 13.1. The predicted molar refractivity (Wildman–Crippen MR) is 165 cm³/mol. The lowest BCUT2D eigenvalue weighted by molar-refractivity contribution is -0.120. The Morgan fingerprint density at radius 2 is 1.68 bits per heavy atom. The first kappa shape index (κ1) is 30.6. The van der Waals surface area contributed by atoms with E-state index < -0.39 is 21.7 Å². The predicted octanol–water partition coefficient (Wildman–Crippen LogP) is 5.56. The number of fused-ring (bicyclic) bond motifs is 1. The Hall–Kier alpha value is -3.34. The van der Waals surface area contributed by atoms with Crippen molar-refractivity contribution in [3.8, 4) is 5.75 Å². The minimum Gasteiger partial charge on any atom is -0.494 e. The van der Waals surface area contributed by atoms with Gasteiger partial charge >= 0.3 is 0 Å². The molecule has 4 rings (SSSR count). The van der Waals surface area contributed by atoms with E-state index in [0.717, 1.165) is 37.8 Å². The van der Waals surface area contributed by atoms with Gasteiger partial charge in [0.05, 0.1) is 18.8 Å². The maximum absolute atomic E-state index is 13.1. The third-order valence-electron chi connectivity index (χ3n) is 6.47. The number of nitrogens with one attached hydrogen (secondary N) is 2. The van der Waals surface area contributed by atoms with Gasteiger partial charge in [-0.25, -0.2) is 13.1 Å². The number of halogens is 2. The van der Waals surface area contributed by atoms with E-state index in [1.54, 1.807) is 10.6 Å². The summed E-state index contributed by atoms with van der Waals surface area (Å²) in [5.41, 5.74) is 3.71. The van der Waals surface area contributed by atoms with Crippen LogP contribution in [0.15, 0.2) is 71.2 Å². The van der Waals surface area contributed by atoms with Crippen LogP contribution in [0.3, 0.4) is 0 Å². The molecule has 0 aliphatic carbocycles. The number of aryl methyl sites for hydroxylation is 3. The lowest BCUT2D eigenvalue weighted by atomic mass is 10.1. The van der Waals surface area contributed by atoms with Gasteiger partial charge in [-0.05, 0) is 73.4 Å². The highest BCUT2D eigenvalue weighted by atomic mass is 79.9. The number of carbonyl (C=O) groups is 2. The summed E-state index contributed by atoms with van der Waals surface area (Å²) in [5.74, 6) is -0.749. The molecule has 0 bridgehead atoms. The largest absolute Gasteiger partial charge is 0.494 e. The number of hydrogen-bond donors (Lipinski definition) is 2. The average molecular weight is 661 g/mol. The Morgan fingerprint density at radius 1 is 1.00 bits per heavy atom. The van der Waals surface area contributed by atoms with E-state index >= 15 is 0 Å². The van der Waals surface area contributed by atoms with Crippen molar-refractivity contribution in [3.05, 3.63) is 98.6 Å². The maximum atomic E-state index is 13.1. The van der Waals surface area contributed by atoms with Crippen LogP contribution in [0.25, 0.3) is 10.9 Å². The molecule has 41 heavy (non-hydrogen) atoms. The number of amides is 2. The molecule has 4 aromatic rings. The number of para-hydroxylation sites is 1. The lowest BCUT2D eigenvalue weighted by Gasteiger charge is -2.13. The highest BCUT2D eigenvalue weighted by Gasteiger charge is 2.21. The van der Waals surface area contributed by atoms with E-state index in [0.29, 0.717) is 24.6 Å². The van der Waals surface area contributed by atoms with Crippen molar-refractivity contribution in [3.63, 3.8) is 0 Å². The molecule has 0 fully saturated rings.